The number of anilines is 4. The predicted molar refractivity (Wildman–Crippen MR) is 132 cm³/mol. The molecule has 0 unspecified atom stereocenters. The van der Waals surface area contributed by atoms with Gasteiger partial charge in [-0.1, -0.05) is 42.5 Å². The first kappa shape index (κ1) is 21.6. The van der Waals surface area contributed by atoms with E-state index < -0.39 is 0 Å². The summed E-state index contributed by atoms with van der Waals surface area (Å²) in [5, 5.41) is 9.00. The quantitative estimate of drug-likeness (QED) is 0.334. The molecule has 4 rings (SSSR count). The number of carbonyl (C=O) groups is 2. The maximum atomic E-state index is 12.9. The zero-order valence-electron chi connectivity index (χ0n) is 18.0. The third-order valence-corrected chi connectivity index (χ3v) is 4.98. The monoisotopic (exact) mass is 437 g/mol. The van der Waals surface area contributed by atoms with Gasteiger partial charge in [-0.15, -0.1) is 0 Å². The van der Waals surface area contributed by atoms with Crippen LogP contribution >= 0.6 is 0 Å². The summed E-state index contributed by atoms with van der Waals surface area (Å²) in [6.45, 7) is 0. The first-order chi connectivity index (χ1) is 16.1. The molecule has 0 saturated carbocycles. The number of rotatable bonds is 7. The molecule has 6 nitrogen and oxygen atoms in total. The van der Waals surface area contributed by atoms with Crippen molar-refractivity contribution in [1.82, 2.24) is 0 Å². The summed E-state index contributed by atoms with van der Waals surface area (Å²) in [5.41, 5.74) is 3.68. The Morgan fingerprint density at radius 2 is 1.12 bits per heavy atom. The minimum absolute atomic E-state index is 0.324. The Kier molecular flexibility index (Phi) is 6.66. The van der Waals surface area contributed by atoms with Crippen LogP contribution in [0.15, 0.2) is 103 Å². The number of benzene rings is 4. The minimum Gasteiger partial charge on any atom is -0.496 e. The molecule has 0 aromatic heterocycles. The summed E-state index contributed by atoms with van der Waals surface area (Å²) >= 11 is 0. The zero-order valence-corrected chi connectivity index (χ0v) is 18.0. The molecule has 0 radical (unpaired) electrons. The molecule has 0 fully saturated rings. The highest BCUT2D eigenvalue weighted by molar-refractivity contribution is 6.13. The lowest BCUT2D eigenvalue weighted by atomic mass is 10.1. The van der Waals surface area contributed by atoms with Gasteiger partial charge in [0.25, 0.3) is 11.8 Å². The van der Waals surface area contributed by atoms with Gasteiger partial charge >= 0.3 is 0 Å². The van der Waals surface area contributed by atoms with E-state index in [1.54, 1.807) is 48.5 Å². The van der Waals surface area contributed by atoms with E-state index in [1.807, 2.05) is 54.6 Å². The van der Waals surface area contributed by atoms with Crippen molar-refractivity contribution in [2.75, 3.05) is 23.1 Å². The molecule has 6 heteroatoms. The Balaban J connectivity index is 1.46. The van der Waals surface area contributed by atoms with Crippen molar-refractivity contribution >= 4 is 34.6 Å². The molecular weight excluding hydrogens is 414 g/mol. The first-order valence-corrected chi connectivity index (χ1v) is 10.4. The van der Waals surface area contributed by atoms with Gasteiger partial charge in [-0.3, -0.25) is 9.59 Å². The smallest absolute Gasteiger partial charge is 0.259 e. The van der Waals surface area contributed by atoms with E-state index in [0.29, 0.717) is 28.3 Å². The van der Waals surface area contributed by atoms with Gasteiger partial charge in [0.2, 0.25) is 0 Å². The van der Waals surface area contributed by atoms with Gasteiger partial charge < -0.3 is 20.7 Å². The molecule has 2 amide bonds. The lowest BCUT2D eigenvalue weighted by Gasteiger charge is -2.13. The Bertz CT molecular complexity index is 1260. The molecule has 0 saturated heterocycles. The molecule has 0 spiro atoms. The van der Waals surface area contributed by atoms with Crippen LogP contribution in [0.5, 0.6) is 5.75 Å². The van der Waals surface area contributed by atoms with Crippen LogP contribution in [0.2, 0.25) is 0 Å². The number of nitrogens with one attached hydrogen (secondary N) is 3. The normalized spacial score (nSPS) is 10.2. The van der Waals surface area contributed by atoms with Crippen molar-refractivity contribution in [3.05, 3.63) is 114 Å². The Hall–Kier alpha value is -4.58. The molecule has 0 aliphatic rings. The number of hydrogen-bond acceptors (Lipinski definition) is 4. The summed E-state index contributed by atoms with van der Waals surface area (Å²) in [6, 6.07) is 31.0. The average molecular weight is 437 g/mol. The highest BCUT2D eigenvalue weighted by atomic mass is 16.5. The minimum atomic E-state index is -0.357. The molecule has 4 aromatic carbocycles. The van der Waals surface area contributed by atoms with E-state index in [2.05, 4.69) is 16.0 Å². The van der Waals surface area contributed by atoms with E-state index >= 15 is 0 Å². The zero-order chi connectivity index (χ0) is 23.0. The van der Waals surface area contributed by atoms with E-state index in [0.717, 1.165) is 11.4 Å². The number of ether oxygens (including phenoxy) is 1. The molecule has 0 bridgehead atoms. The Morgan fingerprint density at radius 1 is 0.576 bits per heavy atom. The summed E-state index contributed by atoms with van der Waals surface area (Å²) < 4.78 is 5.26. The second-order valence-corrected chi connectivity index (χ2v) is 7.22. The summed E-state index contributed by atoms with van der Waals surface area (Å²) in [5.74, 6) is -0.222. The van der Waals surface area contributed by atoms with Gasteiger partial charge in [-0.05, 0) is 60.7 Å². The topological polar surface area (TPSA) is 79.5 Å². The third-order valence-electron chi connectivity index (χ3n) is 4.98. The van der Waals surface area contributed by atoms with Crippen molar-refractivity contribution < 1.29 is 14.3 Å². The summed E-state index contributed by atoms with van der Waals surface area (Å²) in [7, 11) is 1.51. The fraction of sp³-hybridized carbons (Fsp3) is 0.0370. The molecule has 33 heavy (non-hydrogen) atoms. The lowest BCUT2D eigenvalue weighted by molar-refractivity contribution is 0.102. The second kappa shape index (κ2) is 10.2. The Morgan fingerprint density at radius 3 is 1.85 bits per heavy atom. The number of methoxy groups -OCH3 is 1. The first-order valence-electron chi connectivity index (χ1n) is 10.4. The largest absolute Gasteiger partial charge is 0.496 e. The number of para-hydroxylation sites is 3. The predicted octanol–water partition coefficient (Wildman–Crippen LogP) is 5.94. The maximum Gasteiger partial charge on any atom is 0.259 e. The van der Waals surface area contributed by atoms with Gasteiger partial charge in [0, 0.05) is 17.1 Å². The molecule has 164 valence electrons. The summed E-state index contributed by atoms with van der Waals surface area (Å²) in [4.78, 5) is 25.7. The fourth-order valence-corrected chi connectivity index (χ4v) is 3.34. The van der Waals surface area contributed by atoms with Gasteiger partial charge in [0.05, 0.1) is 23.9 Å². The third kappa shape index (κ3) is 5.37. The highest BCUT2D eigenvalue weighted by Gasteiger charge is 2.16. The van der Waals surface area contributed by atoms with Crippen LogP contribution in [-0.2, 0) is 0 Å². The van der Waals surface area contributed by atoms with Gasteiger partial charge in [-0.25, -0.2) is 0 Å². The molecule has 0 aliphatic heterocycles. The van der Waals surface area contributed by atoms with Crippen LogP contribution in [0.4, 0.5) is 22.7 Å². The van der Waals surface area contributed by atoms with Crippen LogP contribution in [0.3, 0.4) is 0 Å². The van der Waals surface area contributed by atoms with E-state index in [-0.39, 0.29) is 11.8 Å². The van der Waals surface area contributed by atoms with Gasteiger partial charge in [-0.2, -0.15) is 0 Å². The fourth-order valence-electron chi connectivity index (χ4n) is 3.34. The van der Waals surface area contributed by atoms with Gasteiger partial charge in [0.1, 0.15) is 5.75 Å². The molecular formula is C27H23N3O3. The molecule has 0 aliphatic carbocycles. The van der Waals surface area contributed by atoms with Crippen LogP contribution in [0, 0.1) is 0 Å². The SMILES string of the molecule is COc1ccccc1C(=O)Nc1ccccc1C(=O)Nc1ccc(Nc2ccccc2)cc1. The van der Waals surface area contributed by atoms with E-state index in [4.69, 9.17) is 4.74 Å². The second-order valence-electron chi connectivity index (χ2n) is 7.22. The van der Waals surface area contributed by atoms with Crippen molar-refractivity contribution in [1.29, 1.82) is 0 Å². The van der Waals surface area contributed by atoms with Crippen LogP contribution in [0.1, 0.15) is 20.7 Å². The lowest BCUT2D eigenvalue weighted by Crippen LogP contribution is -2.18. The average Bonchev–Trinajstić information content (AvgIpc) is 2.86. The van der Waals surface area contributed by atoms with Crippen molar-refractivity contribution in [2.45, 2.75) is 0 Å². The van der Waals surface area contributed by atoms with Crippen molar-refractivity contribution in [3.63, 3.8) is 0 Å². The van der Waals surface area contributed by atoms with Crippen LogP contribution in [-0.4, -0.2) is 18.9 Å². The van der Waals surface area contributed by atoms with E-state index in [1.165, 1.54) is 7.11 Å². The van der Waals surface area contributed by atoms with Crippen molar-refractivity contribution in [2.24, 2.45) is 0 Å². The maximum absolute atomic E-state index is 12.9. The Labute approximate surface area is 192 Å². The number of carbonyl (C=O) groups excluding carboxylic acids is 2. The highest BCUT2D eigenvalue weighted by Crippen LogP contribution is 2.23. The summed E-state index contributed by atoms with van der Waals surface area (Å²) in [6.07, 6.45) is 0. The molecule has 4 aromatic rings. The molecule has 0 heterocycles. The number of amides is 2. The van der Waals surface area contributed by atoms with Crippen LogP contribution < -0.4 is 20.7 Å². The van der Waals surface area contributed by atoms with Crippen molar-refractivity contribution in [3.8, 4) is 5.75 Å². The number of hydrogen-bond donors (Lipinski definition) is 3. The molecule has 3 N–H and O–H groups in total. The molecule has 0 atom stereocenters. The standard InChI is InChI=1S/C27H23N3O3/c1-33-25-14-8-6-12-23(25)27(32)30-24-13-7-5-11-22(24)26(31)29-21-17-15-20(16-18-21)28-19-9-3-2-4-10-19/h2-18,28H,1H3,(H,29,31)(H,30,32). The van der Waals surface area contributed by atoms with E-state index in [9.17, 15) is 9.59 Å². The van der Waals surface area contributed by atoms with Gasteiger partial charge in [0.15, 0.2) is 0 Å². The van der Waals surface area contributed by atoms with Crippen LogP contribution in [0.25, 0.3) is 0 Å².